The number of hydrogen-bond acceptors (Lipinski definition) is 4. The van der Waals surface area contributed by atoms with Gasteiger partial charge in [-0.3, -0.25) is 0 Å². The predicted octanol–water partition coefficient (Wildman–Crippen LogP) is 1.24. The zero-order chi connectivity index (χ0) is 16.2. The zero-order valence-electron chi connectivity index (χ0n) is 12.7. The van der Waals surface area contributed by atoms with Gasteiger partial charge in [0.2, 0.25) is 10.0 Å². The third-order valence-corrected chi connectivity index (χ3v) is 4.92. The summed E-state index contributed by atoms with van der Waals surface area (Å²) in [6.07, 6.45) is 2.41. The zero-order valence-corrected chi connectivity index (χ0v) is 13.5. The fourth-order valence-corrected chi connectivity index (χ4v) is 3.30. The van der Waals surface area contributed by atoms with E-state index in [1.807, 2.05) is 12.1 Å². The third-order valence-electron chi connectivity index (χ3n) is 3.61. The molecule has 8 heteroatoms. The van der Waals surface area contributed by atoms with Crippen LogP contribution in [0.1, 0.15) is 12.8 Å². The Morgan fingerprint density at radius 3 is 2.50 bits per heavy atom. The minimum absolute atomic E-state index is 0.0345. The molecule has 0 unspecified atom stereocenters. The van der Waals surface area contributed by atoms with Crippen LogP contribution in [0.5, 0.6) is 5.75 Å². The van der Waals surface area contributed by atoms with Crippen LogP contribution in [0.2, 0.25) is 0 Å². The van der Waals surface area contributed by atoms with E-state index in [2.05, 4.69) is 10.6 Å². The lowest BCUT2D eigenvalue weighted by Crippen LogP contribution is -2.47. The molecular formula is C14H21N3O4S. The number of rotatable bonds is 4. The second-order valence-electron chi connectivity index (χ2n) is 5.24. The number of para-hydroxylation sites is 2. The van der Waals surface area contributed by atoms with E-state index >= 15 is 0 Å². The summed E-state index contributed by atoms with van der Waals surface area (Å²) in [4.78, 5) is 12.0. The van der Waals surface area contributed by atoms with Gasteiger partial charge in [-0.05, 0) is 25.0 Å². The Morgan fingerprint density at radius 1 is 1.27 bits per heavy atom. The number of anilines is 1. The van der Waals surface area contributed by atoms with Crippen LogP contribution in [-0.2, 0) is 10.0 Å². The largest absolute Gasteiger partial charge is 0.495 e. The first-order chi connectivity index (χ1) is 10.4. The fraction of sp³-hybridized carbons (Fsp3) is 0.500. The number of methoxy groups -OCH3 is 1. The molecule has 1 heterocycles. The van der Waals surface area contributed by atoms with Crippen molar-refractivity contribution in [1.29, 1.82) is 0 Å². The Kier molecular flexibility index (Phi) is 5.25. The van der Waals surface area contributed by atoms with Crippen molar-refractivity contribution >= 4 is 21.7 Å². The highest BCUT2D eigenvalue weighted by Crippen LogP contribution is 2.23. The van der Waals surface area contributed by atoms with E-state index in [1.54, 1.807) is 19.2 Å². The normalized spacial score (nSPS) is 17.0. The summed E-state index contributed by atoms with van der Waals surface area (Å²) in [7, 11) is -1.61. The van der Waals surface area contributed by atoms with Gasteiger partial charge in [-0.15, -0.1) is 0 Å². The molecule has 122 valence electrons. The van der Waals surface area contributed by atoms with Gasteiger partial charge >= 0.3 is 6.03 Å². The van der Waals surface area contributed by atoms with Crippen molar-refractivity contribution in [3.63, 3.8) is 0 Å². The molecule has 1 saturated heterocycles. The Bertz CT molecular complexity index is 625. The van der Waals surface area contributed by atoms with Gasteiger partial charge in [0.1, 0.15) is 5.75 Å². The second kappa shape index (κ2) is 6.97. The highest BCUT2D eigenvalue weighted by Gasteiger charge is 2.25. The fourth-order valence-electron chi connectivity index (χ4n) is 2.42. The summed E-state index contributed by atoms with van der Waals surface area (Å²) in [6, 6.07) is 6.80. The molecule has 1 aliphatic heterocycles. The van der Waals surface area contributed by atoms with Gasteiger partial charge < -0.3 is 15.4 Å². The molecule has 1 aromatic carbocycles. The van der Waals surface area contributed by atoms with Crippen molar-refractivity contribution in [2.45, 2.75) is 18.9 Å². The summed E-state index contributed by atoms with van der Waals surface area (Å²) < 4.78 is 29.5. The van der Waals surface area contributed by atoms with Crippen LogP contribution in [-0.4, -0.2) is 51.3 Å². The smallest absolute Gasteiger partial charge is 0.319 e. The number of sulfonamides is 1. The molecule has 2 rings (SSSR count). The SMILES string of the molecule is COc1ccccc1NC(=O)NC1CCN(S(C)(=O)=O)CC1. The second-order valence-corrected chi connectivity index (χ2v) is 7.22. The Balaban J connectivity index is 1.86. The van der Waals surface area contributed by atoms with Crippen LogP contribution < -0.4 is 15.4 Å². The van der Waals surface area contributed by atoms with Gasteiger partial charge in [-0.2, -0.15) is 0 Å². The highest BCUT2D eigenvalue weighted by atomic mass is 32.2. The van der Waals surface area contributed by atoms with Crippen LogP contribution in [0.25, 0.3) is 0 Å². The average Bonchev–Trinajstić information content (AvgIpc) is 2.47. The molecule has 0 radical (unpaired) electrons. The van der Waals surface area contributed by atoms with Crippen LogP contribution in [0.3, 0.4) is 0 Å². The minimum Gasteiger partial charge on any atom is -0.495 e. The maximum atomic E-state index is 12.0. The molecule has 0 spiro atoms. The molecule has 2 amide bonds. The molecule has 1 aromatic rings. The van der Waals surface area contributed by atoms with Gasteiger partial charge in [-0.25, -0.2) is 17.5 Å². The number of urea groups is 1. The standard InChI is InChI=1S/C14H21N3O4S/c1-21-13-6-4-3-5-12(13)16-14(18)15-11-7-9-17(10-8-11)22(2,19)20/h3-6,11H,7-10H2,1-2H3,(H2,15,16,18). The molecule has 2 N–H and O–H groups in total. The molecule has 0 atom stereocenters. The van der Waals surface area contributed by atoms with Crippen LogP contribution in [0.4, 0.5) is 10.5 Å². The van der Waals surface area contributed by atoms with Crippen LogP contribution in [0.15, 0.2) is 24.3 Å². The number of nitrogens with zero attached hydrogens (tertiary/aromatic N) is 1. The third kappa shape index (κ3) is 4.35. The molecule has 7 nitrogen and oxygen atoms in total. The van der Waals surface area contributed by atoms with E-state index in [4.69, 9.17) is 4.74 Å². The van der Waals surface area contributed by atoms with Gasteiger partial charge in [-0.1, -0.05) is 12.1 Å². The van der Waals surface area contributed by atoms with Gasteiger partial charge in [0.05, 0.1) is 19.1 Å². The monoisotopic (exact) mass is 327 g/mol. The van der Waals surface area contributed by atoms with Crippen LogP contribution >= 0.6 is 0 Å². The van der Waals surface area contributed by atoms with Crippen molar-refractivity contribution in [2.24, 2.45) is 0 Å². The molecule has 1 aliphatic rings. The lowest BCUT2D eigenvalue weighted by atomic mass is 10.1. The number of carbonyl (C=O) groups excluding carboxylic acids is 1. The predicted molar refractivity (Wildman–Crippen MR) is 84.6 cm³/mol. The maximum Gasteiger partial charge on any atom is 0.319 e. The highest BCUT2D eigenvalue weighted by molar-refractivity contribution is 7.88. The van der Waals surface area contributed by atoms with Crippen LogP contribution in [0, 0.1) is 0 Å². The van der Waals surface area contributed by atoms with Crippen molar-refractivity contribution in [3.05, 3.63) is 24.3 Å². The molecule has 0 aromatic heterocycles. The number of ether oxygens (including phenoxy) is 1. The van der Waals surface area contributed by atoms with Crippen molar-refractivity contribution in [3.8, 4) is 5.75 Å². The number of benzene rings is 1. The molecule has 0 saturated carbocycles. The first kappa shape index (κ1) is 16.6. The summed E-state index contributed by atoms with van der Waals surface area (Å²) in [5.74, 6) is 0.588. The quantitative estimate of drug-likeness (QED) is 0.871. The average molecular weight is 327 g/mol. The first-order valence-electron chi connectivity index (χ1n) is 7.06. The summed E-state index contributed by atoms with van der Waals surface area (Å²) >= 11 is 0. The minimum atomic E-state index is -3.15. The maximum absolute atomic E-state index is 12.0. The lowest BCUT2D eigenvalue weighted by molar-refractivity contribution is 0.238. The lowest BCUT2D eigenvalue weighted by Gasteiger charge is -2.30. The molecule has 1 fully saturated rings. The summed E-state index contributed by atoms with van der Waals surface area (Å²) in [5.41, 5.74) is 0.594. The van der Waals surface area contributed by atoms with Crippen molar-refractivity contribution in [2.75, 3.05) is 31.8 Å². The van der Waals surface area contributed by atoms with Crippen molar-refractivity contribution in [1.82, 2.24) is 9.62 Å². The topological polar surface area (TPSA) is 87.7 Å². The number of nitrogens with one attached hydrogen (secondary N) is 2. The van der Waals surface area contributed by atoms with E-state index in [0.29, 0.717) is 37.4 Å². The molecule has 0 bridgehead atoms. The number of carbonyl (C=O) groups is 1. The van der Waals surface area contributed by atoms with Crippen molar-refractivity contribution < 1.29 is 17.9 Å². The Morgan fingerprint density at radius 2 is 1.91 bits per heavy atom. The van der Waals surface area contributed by atoms with E-state index in [-0.39, 0.29) is 12.1 Å². The number of amides is 2. The van der Waals surface area contributed by atoms with Gasteiger partial charge in [0, 0.05) is 19.1 Å². The Hall–Kier alpha value is -1.80. The number of hydrogen-bond donors (Lipinski definition) is 2. The van der Waals surface area contributed by atoms with E-state index < -0.39 is 10.0 Å². The Labute approximate surface area is 130 Å². The number of piperidine rings is 1. The molecule has 22 heavy (non-hydrogen) atoms. The first-order valence-corrected chi connectivity index (χ1v) is 8.90. The van der Waals surface area contributed by atoms with E-state index in [1.165, 1.54) is 10.6 Å². The van der Waals surface area contributed by atoms with E-state index in [0.717, 1.165) is 0 Å². The van der Waals surface area contributed by atoms with Gasteiger partial charge in [0.25, 0.3) is 0 Å². The summed E-state index contributed by atoms with van der Waals surface area (Å²) in [5, 5.41) is 5.61. The molecule has 0 aliphatic carbocycles. The molecular weight excluding hydrogens is 306 g/mol. The van der Waals surface area contributed by atoms with E-state index in [9.17, 15) is 13.2 Å². The van der Waals surface area contributed by atoms with Gasteiger partial charge in [0.15, 0.2) is 0 Å². The summed E-state index contributed by atoms with van der Waals surface area (Å²) in [6.45, 7) is 0.858.